The number of hydrogen-bond acceptors (Lipinski definition) is 7. The van der Waals surface area contributed by atoms with Crippen molar-refractivity contribution < 1.29 is 42.0 Å². The van der Waals surface area contributed by atoms with E-state index < -0.39 is 32.4 Å². The Balaban J connectivity index is 1.55. The van der Waals surface area contributed by atoms with Crippen LogP contribution in [0.4, 0.5) is 0 Å². The maximum atomic E-state index is 12.4. The highest BCUT2D eigenvalue weighted by Gasteiger charge is 2.47. The van der Waals surface area contributed by atoms with Crippen molar-refractivity contribution in [3.8, 4) is 0 Å². The van der Waals surface area contributed by atoms with Crippen LogP contribution in [0.3, 0.4) is 0 Å². The van der Waals surface area contributed by atoms with Crippen LogP contribution in [0.25, 0.3) is 0 Å². The first kappa shape index (κ1) is 37.3. The molecular weight excluding hydrogens is 557 g/mol. The van der Waals surface area contributed by atoms with E-state index in [1.807, 2.05) is 35.2 Å². The molecule has 1 unspecified atom stereocenters. The van der Waals surface area contributed by atoms with Crippen LogP contribution in [0.1, 0.15) is 110 Å². The van der Waals surface area contributed by atoms with Crippen LogP contribution in [0.15, 0.2) is 30.6 Å². The van der Waals surface area contributed by atoms with E-state index in [1.165, 1.54) is 97.0 Å². The van der Waals surface area contributed by atoms with Crippen LogP contribution in [-0.2, 0) is 39.1 Å². The van der Waals surface area contributed by atoms with E-state index in [-0.39, 0.29) is 13.2 Å². The van der Waals surface area contributed by atoms with E-state index >= 15 is 0 Å². The summed E-state index contributed by atoms with van der Waals surface area (Å²) >= 11 is 0. The van der Waals surface area contributed by atoms with Crippen LogP contribution in [-0.4, -0.2) is 63.5 Å². The first-order chi connectivity index (χ1) is 20.5. The van der Waals surface area contributed by atoms with E-state index in [9.17, 15) is 9.46 Å². The van der Waals surface area contributed by atoms with E-state index in [0.717, 1.165) is 12.8 Å². The van der Waals surface area contributed by atoms with Crippen molar-refractivity contribution in [2.24, 2.45) is 0 Å². The largest absolute Gasteiger partial charge is 0.472 e. The summed E-state index contributed by atoms with van der Waals surface area (Å²) in [4.78, 5) is 10.2. The second-order valence-corrected chi connectivity index (χ2v) is 12.8. The van der Waals surface area contributed by atoms with E-state index in [0.29, 0.717) is 13.2 Å². The zero-order chi connectivity index (χ0) is 30.3. The molecule has 0 radical (unpaired) electrons. The Morgan fingerprint density at radius 1 is 0.714 bits per heavy atom. The summed E-state index contributed by atoms with van der Waals surface area (Å²) in [5.74, 6) is 0. The Kier molecular flexibility index (Phi) is 20.8. The van der Waals surface area contributed by atoms with Crippen molar-refractivity contribution >= 4 is 7.82 Å². The molecule has 2 rings (SSSR count). The van der Waals surface area contributed by atoms with Gasteiger partial charge in [0.25, 0.3) is 0 Å². The molecule has 42 heavy (non-hydrogen) atoms. The number of pyridine rings is 1. The number of ether oxygens (including phenoxy) is 4. The molecule has 1 aliphatic rings. The lowest BCUT2D eigenvalue weighted by Crippen LogP contribution is -2.39. The van der Waals surface area contributed by atoms with Crippen LogP contribution < -0.4 is 4.57 Å². The number of methoxy groups -OCH3 is 2. The Morgan fingerprint density at radius 2 is 1.26 bits per heavy atom. The molecular formula is C32H59NO8P+. The van der Waals surface area contributed by atoms with Gasteiger partial charge in [0.05, 0.1) is 6.61 Å². The maximum Gasteiger partial charge on any atom is 0.472 e. The van der Waals surface area contributed by atoms with Gasteiger partial charge in [0, 0.05) is 33.0 Å². The van der Waals surface area contributed by atoms with Gasteiger partial charge in [0.2, 0.25) is 0 Å². The highest BCUT2D eigenvalue weighted by molar-refractivity contribution is 7.47. The standard InChI is InChI=1S/C32H58NO8P/c1-4-5-6-7-8-9-10-11-12-13-14-15-16-17-18-22-26-38-30-29(41-32(37-3)31(30)36-2)28-40-42(34,35)39-27-25-33-23-20-19-21-24-33/h19-21,23-24,29-32H,4-18,22,25-28H2,1-3H3/p+1/t29-,30+,31-,32-/m1/s1. The fourth-order valence-electron chi connectivity index (χ4n) is 5.38. The minimum atomic E-state index is -4.26. The molecule has 1 saturated heterocycles. The average Bonchev–Trinajstić information content (AvgIpc) is 3.34. The number of phosphoric ester groups is 1. The minimum Gasteiger partial charge on any atom is -0.373 e. The lowest BCUT2D eigenvalue weighted by molar-refractivity contribution is -0.697. The van der Waals surface area contributed by atoms with Crippen molar-refractivity contribution in [3.05, 3.63) is 30.6 Å². The molecule has 5 atom stereocenters. The van der Waals surface area contributed by atoms with E-state index in [1.54, 1.807) is 7.11 Å². The Morgan fingerprint density at radius 3 is 1.79 bits per heavy atom. The SMILES string of the molecule is CCCCCCCCCCCCCCCCCCO[C@@H]1[C@@H](OC)[C@H](OC)O[C@@H]1COP(=O)(O)OCC[n+]1ccccc1. The molecule has 10 heteroatoms. The van der Waals surface area contributed by atoms with E-state index in [2.05, 4.69) is 6.92 Å². The normalized spacial score (nSPS) is 22.0. The van der Waals surface area contributed by atoms with Crippen LogP contribution in [0, 0.1) is 0 Å². The first-order valence-corrected chi connectivity index (χ1v) is 17.9. The van der Waals surface area contributed by atoms with Crippen molar-refractivity contribution in [1.29, 1.82) is 0 Å². The quantitative estimate of drug-likeness (QED) is 0.0633. The van der Waals surface area contributed by atoms with Gasteiger partial charge >= 0.3 is 7.82 Å². The minimum absolute atomic E-state index is 0.0363. The van der Waals surface area contributed by atoms with E-state index in [4.69, 9.17) is 28.0 Å². The van der Waals surface area contributed by atoms with Gasteiger partial charge in [-0.05, 0) is 6.42 Å². The maximum absolute atomic E-state index is 12.4. The molecule has 0 bridgehead atoms. The summed E-state index contributed by atoms with van der Waals surface area (Å²) in [6, 6.07) is 5.66. The number of aromatic nitrogens is 1. The smallest absolute Gasteiger partial charge is 0.373 e. The predicted octanol–water partition coefficient (Wildman–Crippen LogP) is 7.14. The second kappa shape index (κ2) is 23.5. The fraction of sp³-hybridized carbons (Fsp3) is 0.844. The summed E-state index contributed by atoms with van der Waals surface area (Å²) in [5.41, 5.74) is 0. The van der Waals surface area contributed by atoms with Gasteiger partial charge in [-0.25, -0.2) is 9.13 Å². The van der Waals surface area contributed by atoms with Gasteiger partial charge in [-0.1, -0.05) is 109 Å². The molecule has 0 amide bonds. The second-order valence-electron chi connectivity index (χ2n) is 11.3. The van der Waals surface area contributed by atoms with Crippen molar-refractivity contribution in [2.75, 3.05) is 34.0 Å². The third kappa shape index (κ3) is 16.2. The Labute approximate surface area is 255 Å². The topological polar surface area (TPSA) is 96.6 Å². The highest BCUT2D eigenvalue weighted by Crippen LogP contribution is 2.44. The van der Waals surface area contributed by atoms with Crippen molar-refractivity contribution in [3.63, 3.8) is 0 Å². The van der Waals surface area contributed by atoms with Gasteiger partial charge in [0.1, 0.15) is 24.9 Å². The van der Waals surface area contributed by atoms with Gasteiger partial charge in [-0.3, -0.25) is 9.05 Å². The average molecular weight is 617 g/mol. The molecule has 0 aromatic carbocycles. The van der Waals surface area contributed by atoms with Crippen molar-refractivity contribution in [1.82, 2.24) is 0 Å². The van der Waals surface area contributed by atoms with Crippen LogP contribution in [0.2, 0.25) is 0 Å². The summed E-state index contributed by atoms with van der Waals surface area (Å²) in [6.45, 7) is 3.12. The van der Waals surface area contributed by atoms with Crippen molar-refractivity contribution in [2.45, 2.75) is 141 Å². The number of nitrogens with zero attached hydrogens (tertiary/aromatic N) is 1. The van der Waals surface area contributed by atoms with Gasteiger partial charge in [0.15, 0.2) is 25.2 Å². The van der Waals surface area contributed by atoms with Crippen LogP contribution in [0.5, 0.6) is 0 Å². The molecule has 0 saturated carbocycles. The number of unbranched alkanes of at least 4 members (excludes halogenated alkanes) is 15. The third-order valence-corrected chi connectivity index (χ3v) is 8.85. The number of rotatable bonds is 27. The molecule has 1 fully saturated rings. The molecule has 2 heterocycles. The Hall–Kier alpha value is -0.900. The van der Waals surface area contributed by atoms with Gasteiger partial charge in [-0.15, -0.1) is 0 Å². The molecule has 1 N–H and O–H groups in total. The van der Waals surface area contributed by atoms with Gasteiger partial charge in [-0.2, -0.15) is 0 Å². The molecule has 1 aromatic rings. The van der Waals surface area contributed by atoms with Crippen LogP contribution >= 0.6 is 7.82 Å². The summed E-state index contributed by atoms with van der Waals surface area (Å²) in [6.07, 6.45) is 22.6. The summed E-state index contributed by atoms with van der Waals surface area (Å²) in [7, 11) is -1.15. The van der Waals surface area contributed by atoms with Gasteiger partial charge < -0.3 is 23.8 Å². The molecule has 1 aromatic heterocycles. The molecule has 1 aliphatic heterocycles. The monoisotopic (exact) mass is 616 g/mol. The first-order valence-electron chi connectivity index (χ1n) is 16.4. The summed E-state index contributed by atoms with van der Waals surface area (Å²) in [5, 5.41) is 0. The number of phosphoric acid groups is 1. The highest BCUT2D eigenvalue weighted by atomic mass is 31.2. The predicted molar refractivity (Wildman–Crippen MR) is 164 cm³/mol. The third-order valence-electron chi connectivity index (χ3n) is 7.86. The molecule has 9 nitrogen and oxygen atoms in total. The summed E-state index contributed by atoms with van der Waals surface area (Å²) < 4.78 is 47.7. The Bertz CT molecular complexity index is 817. The lowest BCUT2D eigenvalue weighted by atomic mass is 10.0. The lowest BCUT2D eigenvalue weighted by Gasteiger charge is -2.23. The molecule has 244 valence electrons. The number of hydrogen-bond donors (Lipinski definition) is 1. The fourth-order valence-corrected chi connectivity index (χ4v) is 6.11. The molecule has 0 aliphatic carbocycles. The molecule has 0 spiro atoms. The zero-order valence-corrected chi connectivity index (χ0v) is 27.4. The zero-order valence-electron chi connectivity index (χ0n) is 26.5.